The number of aliphatic hydroxyl groups excluding tert-OH is 1. The minimum absolute atomic E-state index is 0.0133. The van der Waals surface area contributed by atoms with Crippen LogP contribution in [0.15, 0.2) is 35.5 Å². The van der Waals surface area contributed by atoms with E-state index in [-0.39, 0.29) is 57.4 Å². The lowest BCUT2D eigenvalue weighted by Crippen LogP contribution is -2.22. The molecule has 1 aliphatic heterocycles. The molecule has 2 atom stereocenters. The normalized spacial score (nSPS) is 17.5. The molecule has 0 unspecified atom stereocenters. The van der Waals surface area contributed by atoms with Crippen molar-refractivity contribution in [1.29, 1.82) is 0 Å². The molecule has 0 amide bonds. The fourth-order valence-corrected chi connectivity index (χ4v) is 5.27. The Labute approximate surface area is 217 Å². The van der Waals surface area contributed by atoms with E-state index in [9.17, 15) is 28.6 Å². The molecule has 0 saturated carbocycles. The molecule has 39 heavy (non-hydrogen) atoms. The highest BCUT2D eigenvalue weighted by Gasteiger charge is 2.35. The van der Waals surface area contributed by atoms with Gasteiger partial charge in [0.2, 0.25) is 5.43 Å². The van der Waals surface area contributed by atoms with Crippen LogP contribution in [0.25, 0.3) is 44.1 Å². The molecular weight excluding hydrogens is 517 g/mol. The Morgan fingerprint density at radius 2 is 1.95 bits per heavy atom. The number of aliphatic hydroxyl groups is 1. The number of H-pyrrole nitrogens is 1. The molecule has 13 heteroatoms. The van der Waals surface area contributed by atoms with E-state index in [1.807, 2.05) is 0 Å². The third-order valence-corrected chi connectivity index (χ3v) is 7.12. The molecule has 200 valence electrons. The number of alkyl halides is 1. The van der Waals surface area contributed by atoms with Gasteiger partial charge in [-0.25, -0.2) is 27.9 Å². The standard InChI is InChI=1S/C26H21F3N6O4/c1-30-16-4-14(27)20(29)18-19-22(35-8-15(28)17(36)9-35)12(6-31-24(19)33-21(16)18)10-3-11-23(37)13(26(38)39)7-34(2)25(11)32-5-10/h3-7,15,17,30,36H,8-9H2,1-2H3,(H,31,33)(H,38,39)/t15-,17-/m0/s1. The van der Waals surface area contributed by atoms with Gasteiger partial charge in [-0.05, 0) is 6.07 Å². The van der Waals surface area contributed by atoms with E-state index in [1.54, 1.807) is 14.1 Å². The highest BCUT2D eigenvalue weighted by Crippen LogP contribution is 2.44. The number of aromatic carboxylic acids is 1. The summed E-state index contributed by atoms with van der Waals surface area (Å²) < 4.78 is 46.0. The minimum Gasteiger partial charge on any atom is -0.477 e. The second-order valence-electron chi connectivity index (χ2n) is 9.46. The van der Waals surface area contributed by atoms with Crippen LogP contribution in [0.4, 0.5) is 24.5 Å². The molecule has 6 rings (SSSR count). The first kappa shape index (κ1) is 24.7. The zero-order chi connectivity index (χ0) is 27.7. The van der Waals surface area contributed by atoms with Crippen LogP contribution < -0.4 is 15.6 Å². The van der Waals surface area contributed by atoms with Crippen molar-refractivity contribution in [3.63, 3.8) is 0 Å². The van der Waals surface area contributed by atoms with Crippen LogP contribution in [-0.4, -0.2) is 68.1 Å². The number of aromatic nitrogens is 4. The van der Waals surface area contributed by atoms with Gasteiger partial charge in [0.05, 0.1) is 39.6 Å². The predicted octanol–water partition coefficient (Wildman–Crippen LogP) is 3.17. The molecule has 4 aromatic heterocycles. The fraction of sp³-hybridized carbons (Fsp3) is 0.231. The van der Waals surface area contributed by atoms with Gasteiger partial charge in [-0.3, -0.25) is 4.79 Å². The van der Waals surface area contributed by atoms with Gasteiger partial charge in [0, 0.05) is 56.4 Å². The van der Waals surface area contributed by atoms with Gasteiger partial charge >= 0.3 is 5.97 Å². The number of fused-ring (bicyclic) bond motifs is 4. The largest absolute Gasteiger partial charge is 0.477 e. The Kier molecular flexibility index (Phi) is 5.50. The Balaban J connectivity index is 1.72. The smallest absolute Gasteiger partial charge is 0.341 e. The summed E-state index contributed by atoms with van der Waals surface area (Å²) in [6, 6.07) is 2.45. The number of carboxylic acids is 1. The van der Waals surface area contributed by atoms with E-state index < -0.39 is 40.9 Å². The topological polar surface area (TPSA) is 136 Å². The fourth-order valence-electron chi connectivity index (χ4n) is 5.27. The Bertz CT molecular complexity index is 1890. The van der Waals surface area contributed by atoms with E-state index in [4.69, 9.17) is 0 Å². The molecule has 5 aromatic rings. The number of rotatable bonds is 4. The molecule has 1 saturated heterocycles. The van der Waals surface area contributed by atoms with Crippen molar-refractivity contribution >= 4 is 50.3 Å². The molecule has 1 aliphatic rings. The maximum absolute atomic E-state index is 15.4. The van der Waals surface area contributed by atoms with Crippen LogP contribution in [0, 0.1) is 11.6 Å². The Morgan fingerprint density at radius 1 is 1.18 bits per heavy atom. The van der Waals surface area contributed by atoms with Gasteiger partial charge in [0.25, 0.3) is 0 Å². The third-order valence-electron chi connectivity index (χ3n) is 7.12. The molecule has 0 radical (unpaired) electrons. The summed E-state index contributed by atoms with van der Waals surface area (Å²) in [5.74, 6) is -3.64. The number of nitrogens with zero attached hydrogens (tertiary/aromatic N) is 4. The first-order valence-electron chi connectivity index (χ1n) is 11.9. The van der Waals surface area contributed by atoms with Crippen LogP contribution in [0.2, 0.25) is 0 Å². The Morgan fingerprint density at radius 3 is 2.62 bits per heavy atom. The summed E-state index contributed by atoms with van der Waals surface area (Å²) in [6.07, 6.45) is 1.11. The summed E-state index contributed by atoms with van der Waals surface area (Å²) >= 11 is 0. The van der Waals surface area contributed by atoms with Crippen LogP contribution >= 0.6 is 0 Å². The highest BCUT2D eigenvalue weighted by molar-refractivity contribution is 6.18. The average molecular weight is 538 g/mol. The summed E-state index contributed by atoms with van der Waals surface area (Å²) in [5, 5.41) is 22.6. The maximum atomic E-state index is 15.4. The lowest BCUT2D eigenvalue weighted by atomic mass is 10.0. The summed E-state index contributed by atoms with van der Waals surface area (Å²) in [7, 11) is 3.10. The lowest BCUT2D eigenvalue weighted by Gasteiger charge is -2.23. The van der Waals surface area contributed by atoms with Gasteiger partial charge in [-0.1, -0.05) is 0 Å². The van der Waals surface area contributed by atoms with Crippen LogP contribution in [0.5, 0.6) is 0 Å². The van der Waals surface area contributed by atoms with Crippen molar-refractivity contribution in [1.82, 2.24) is 19.5 Å². The number of β-amino-alcohol motifs (C(OH)–C–C–N with tert-alkyl or cyclic N) is 1. The molecular formula is C26H21F3N6O4. The number of anilines is 2. The van der Waals surface area contributed by atoms with Crippen molar-refractivity contribution in [2.45, 2.75) is 12.3 Å². The van der Waals surface area contributed by atoms with Gasteiger partial charge < -0.3 is 30.0 Å². The van der Waals surface area contributed by atoms with Crippen molar-refractivity contribution < 1.29 is 28.2 Å². The number of nitrogens with one attached hydrogen (secondary N) is 2. The Hall–Kier alpha value is -4.65. The summed E-state index contributed by atoms with van der Waals surface area (Å²) in [4.78, 5) is 37.9. The third kappa shape index (κ3) is 3.61. The number of pyridine rings is 3. The van der Waals surface area contributed by atoms with E-state index >= 15 is 4.39 Å². The molecule has 0 bridgehead atoms. The number of hydrogen-bond donors (Lipinski definition) is 4. The minimum atomic E-state index is -1.60. The first-order valence-corrected chi connectivity index (χ1v) is 11.9. The lowest BCUT2D eigenvalue weighted by molar-refractivity contribution is 0.0695. The van der Waals surface area contributed by atoms with E-state index in [0.29, 0.717) is 11.1 Å². The molecule has 1 aromatic carbocycles. The monoisotopic (exact) mass is 538 g/mol. The van der Waals surface area contributed by atoms with E-state index in [0.717, 1.165) is 6.07 Å². The van der Waals surface area contributed by atoms with E-state index in [2.05, 4.69) is 20.3 Å². The second kappa shape index (κ2) is 8.70. The number of aryl methyl sites for hydroxylation is 1. The highest BCUT2D eigenvalue weighted by atomic mass is 19.2. The maximum Gasteiger partial charge on any atom is 0.341 e. The summed E-state index contributed by atoms with van der Waals surface area (Å²) in [6.45, 7) is -0.372. The first-order chi connectivity index (χ1) is 18.6. The van der Waals surface area contributed by atoms with Crippen molar-refractivity contribution in [3.8, 4) is 11.1 Å². The van der Waals surface area contributed by atoms with Crippen LogP contribution in [-0.2, 0) is 7.05 Å². The van der Waals surface area contributed by atoms with Gasteiger partial charge in [0.1, 0.15) is 29.1 Å². The number of benzene rings is 1. The van der Waals surface area contributed by atoms with Gasteiger partial charge in [-0.2, -0.15) is 0 Å². The number of carbonyl (C=O) groups is 1. The average Bonchev–Trinajstić information content (AvgIpc) is 3.47. The quantitative estimate of drug-likeness (QED) is 0.274. The molecule has 4 N–H and O–H groups in total. The number of carboxylic acid groups (broad SMARTS) is 1. The van der Waals surface area contributed by atoms with Crippen molar-refractivity contribution in [3.05, 3.63) is 58.1 Å². The number of halogens is 3. The molecule has 5 heterocycles. The molecule has 1 fully saturated rings. The number of hydrogen-bond acceptors (Lipinski definition) is 7. The van der Waals surface area contributed by atoms with Crippen molar-refractivity contribution in [2.24, 2.45) is 7.05 Å². The van der Waals surface area contributed by atoms with Crippen LogP contribution in [0.1, 0.15) is 10.4 Å². The summed E-state index contributed by atoms with van der Waals surface area (Å²) in [5.41, 5.74) is 0.600. The molecule has 0 spiro atoms. The molecule has 10 nitrogen and oxygen atoms in total. The predicted molar refractivity (Wildman–Crippen MR) is 139 cm³/mol. The SMILES string of the molecule is CNc1cc(F)c(F)c2c1[nH]c1ncc(-c3cnc4c(c3)c(=O)c(C(=O)O)cn4C)c(N3C[C@H](O)[C@@H](F)C3)c12. The number of aromatic amines is 1. The van der Waals surface area contributed by atoms with Crippen molar-refractivity contribution in [2.75, 3.05) is 30.4 Å². The van der Waals surface area contributed by atoms with Gasteiger partial charge in [-0.15, -0.1) is 0 Å². The van der Waals surface area contributed by atoms with Crippen LogP contribution in [0.3, 0.4) is 0 Å². The zero-order valence-electron chi connectivity index (χ0n) is 20.6. The zero-order valence-corrected chi connectivity index (χ0v) is 20.6. The van der Waals surface area contributed by atoms with Gasteiger partial charge in [0.15, 0.2) is 11.6 Å². The van der Waals surface area contributed by atoms with E-state index in [1.165, 1.54) is 34.1 Å². The molecule has 0 aliphatic carbocycles. The second-order valence-corrected chi connectivity index (χ2v) is 9.46.